The fourth-order valence-electron chi connectivity index (χ4n) is 3.01. The minimum atomic E-state index is -0.137. The van der Waals surface area contributed by atoms with Gasteiger partial charge in [-0.15, -0.1) is 12.4 Å². The first-order valence-corrected chi connectivity index (χ1v) is 9.09. The Bertz CT molecular complexity index is 563. The molecule has 0 spiro atoms. The third-order valence-corrected chi connectivity index (χ3v) is 4.44. The molecular formula is C19H30ClN3O3. The molecule has 1 aliphatic rings. The Morgan fingerprint density at radius 3 is 2.62 bits per heavy atom. The molecule has 26 heavy (non-hydrogen) atoms. The van der Waals surface area contributed by atoms with Crippen molar-refractivity contribution in [3.63, 3.8) is 0 Å². The van der Waals surface area contributed by atoms with Gasteiger partial charge in [0, 0.05) is 43.9 Å². The molecule has 1 aromatic rings. The van der Waals surface area contributed by atoms with Crippen molar-refractivity contribution in [2.24, 2.45) is 5.92 Å². The van der Waals surface area contributed by atoms with Crippen LogP contribution in [0.3, 0.4) is 0 Å². The summed E-state index contributed by atoms with van der Waals surface area (Å²) in [6.07, 6.45) is 5.39. The number of methoxy groups -OCH3 is 1. The van der Waals surface area contributed by atoms with Gasteiger partial charge in [-0.2, -0.15) is 0 Å². The molecule has 1 fully saturated rings. The van der Waals surface area contributed by atoms with Crippen molar-refractivity contribution in [3.05, 3.63) is 29.8 Å². The van der Waals surface area contributed by atoms with E-state index < -0.39 is 0 Å². The van der Waals surface area contributed by atoms with Gasteiger partial charge in [0.25, 0.3) is 5.91 Å². The average molecular weight is 384 g/mol. The summed E-state index contributed by atoms with van der Waals surface area (Å²) in [4.78, 5) is 24.5. The number of benzene rings is 1. The molecule has 6 nitrogen and oxygen atoms in total. The van der Waals surface area contributed by atoms with Crippen LogP contribution in [0.4, 0.5) is 5.69 Å². The second kappa shape index (κ2) is 12.7. The van der Waals surface area contributed by atoms with Crippen LogP contribution < -0.4 is 16.0 Å². The van der Waals surface area contributed by atoms with Crippen molar-refractivity contribution in [3.8, 4) is 0 Å². The van der Waals surface area contributed by atoms with Crippen LogP contribution in [0.5, 0.6) is 0 Å². The molecule has 2 rings (SSSR count). The van der Waals surface area contributed by atoms with Gasteiger partial charge in [0.05, 0.1) is 6.61 Å². The van der Waals surface area contributed by atoms with Gasteiger partial charge in [-0.3, -0.25) is 9.59 Å². The maximum absolute atomic E-state index is 12.3. The molecule has 0 unspecified atom stereocenters. The first-order valence-electron chi connectivity index (χ1n) is 9.09. The molecule has 0 aliphatic heterocycles. The van der Waals surface area contributed by atoms with E-state index in [1.54, 1.807) is 25.3 Å². The van der Waals surface area contributed by atoms with E-state index >= 15 is 0 Å². The highest BCUT2D eigenvalue weighted by atomic mass is 35.5. The van der Waals surface area contributed by atoms with Gasteiger partial charge >= 0.3 is 0 Å². The fourth-order valence-corrected chi connectivity index (χ4v) is 3.01. The van der Waals surface area contributed by atoms with Gasteiger partial charge in [0.1, 0.15) is 0 Å². The standard InChI is InChI=1S/C19H29N3O3.ClH/c1-25-13-12-20-10-11-21-18(23)16-8-5-9-17(14-16)22-19(24)15-6-3-2-4-7-15;/h5,8-9,14-15,20H,2-4,6-7,10-13H2,1H3,(H,21,23)(H,22,24);1H. The van der Waals surface area contributed by atoms with E-state index in [1.165, 1.54) is 6.42 Å². The van der Waals surface area contributed by atoms with Gasteiger partial charge in [-0.25, -0.2) is 0 Å². The van der Waals surface area contributed by atoms with Gasteiger partial charge in [0.15, 0.2) is 0 Å². The molecule has 0 bridgehead atoms. The molecule has 3 N–H and O–H groups in total. The second-order valence-electron chi connectivity index (χ2n) is 6.40. The van der Waals surface area contributed by atoms with Crippen LogP contribution in [0.2, 0.25) is 0 Å². The monoisotopic (exact) mass is 383 g/mol. The molecule has 0 heterocycles. The number of amides is 2. The Hall–Kier alpha value is -1.63. The predicted molar refractivity (Wildman–Crippen MR) is 106 cm³/mol. The molecule has 1 aliphatic carbocycles. The van der Waals surface area contributed by atoms with Gasteiger partial charge in [0.2, 0.25) is 5.91 Å². The summed E-state index contributed by atoms with van der Waals surface area (Å²) in [6.45, 7) is 2.64. The molecule has 1 saturated carbocycles. The molecule has 0 saturated heterocycles. The predicted octanol–water partition coefficient (Wildman–Crippen LogP) is 2.59. The molecular weight excluding hydrogens is 354 g/mol. The summed E-state index contributed by atoms with van der Waals surface area (Å²) in [6, 6.07) is 7.10. The number of nitrogens with one attached hydrogen (secondary N) is 3. The summed E-state index contributed by atoms with van der Waals surface area (Å²) in [5.41, 5.74) is 1.24. The Kier molecular flexibility index (Phi) is 10.9. The van der Waals surface area contributed by atoms with E-state index in [4.69, 9.17) is 4.74 Å². The topological polar surface area (TPSA) is 79.5 Å². The fraction of sp³-hybridized carbons (Fsp3) is 0.579. The van der Waals surface area contributed by atoms with Crippen molar-refractivity contribution in [2.45, 2.75) is 32.1 Å². The molecule has 7 heteroatoms. The molecule has 146 valence electrons. The third-order valence-electron chi connectivity index (χ3n) is 4.44. The summed E-state index contributed by atoms with van der Waals surface area (Å²) in [5.74, 6) is 0.0336. The normalized spacial score (nSPS) is 14.3. The van der Waals surface area contributed by atoms with E-state index in [2.05, 4.69) is 16.0 Å². The third kappa shape index (κ3) is 7.72. The average Bonchev–Trinajstić information content (AvgIpc) is 2.65. The van der Waals surface area contributed by atoms with Gasteiger partial charge in [-0.1, -0.05) is 25.3 Å². The van der Waals surface area contributed by atoms with E-state index in [1.807, 2.05) is 6.07 Å². The van der Waals surface area contributed by atoms with Gasteiger partial charge in [-0.05, 0) is 31.0 Å². The zero-order valence-electron chi connectivity index (χ0n) is 15.4. The van der Waals surface area contributed by atoms with Crippen LogP contribution in [0.15, 0.2) is 24.3 Å². The first kappa shape index (κ1) is 22.4. The molecule has 2 amide bonds. The first-order chi connectivity index (χ1) is 12.2. The van der Waals surface area contributed by atoms with Crippen LogP contribution in [0.25, 0.3) is 0 Å². The number of rotatable bonds is 9. The lowest BCUT2D eigenvalue weighted by Crippen LogP contribution is -2.33. The number of carbonyl (C=O) groups excluding carboxylic acids is 2. The largest absolute Gasteiger partial charge is 0.383 e. The molecule has 0 atom stereocenters. The molecule has 1 aromatic carbocycles. The lowest BCUT2D eigenvalue weighted by Gasteiger charge is -2.20. The Morgan fingerprint density at radius 1 is 1.12 bits per heavy atom. The van der Waals surface area contributed by atoms with Crippen LogP contribution in [-0.4, -0.2) is 45.2 Å². The highest BCUT2D eigenvalue weighted by Crippen LogP contribution is 2.25. The molecule has 0 radical (unpaired) electrons. The van der Waals surface area contributed by atoms with Crippen LogP contribution in [0, 0.1) is 5.92 Å². The van der Waals surface area contributed by atoms with E-state index in [-0.39, 0.29) is 30.1 Å². The highest BCUT2D eigenvalue weighted by molar-refractivity contribution is 5.97. The van der Waals surface area contributed by atoms with E-state index in [0.717, 1.165) is 32.2 Å². The van der Waals surface area contributed by atoms with Crippen molar-refractivity contribution in [2.75, 3.05) is 38.7 Å². The number of hydrogen-bond acceptors (Lipinski definition) is 4. The number of anilines is 1. The zero-order valence-corrected chi connectivity index (χ0v) is 16.2. The summed E-state index contributed by atoms with van der Waals surface area (Å²) >= 11 is 0. The van der Waals surface area contributed by atoms with Crippen LogP contribution in [0.1, 0.15) is 42.5 Å². The lowest BCUT2D eigenvalue weighted by atomic mass is 9.88. The SMILES string of the molecule is COCCNCCNC(=O)c1cccc(NC(=O)C2CCCCC2)c1.Cl. The lowest BCUT2D eigenvalue weighted by molar-refractivity contribution is -0.120. The maximum Gasteiger partial charge on any atom is 0.251 e. The Balaban J connectivity index is 0.00000338. The number of hydrogen-bond donors (Lipinski definition) is 3. The van der Waals surface area contributed by atoms with Gasteiger partial charge < -0.3 is 20.7 Å². The quantitative estimate of drug-likeness (QED) is 0.572. The summed E-state index contributed by atoms with van der Waals surface area (Å²) in [5, 5.41) is 8.99. The van der Waals surface area contributed by atoms with Crippen molar-refractivity contribution in [1.82, 2.24) is 10.6 Å². The van der Waals surface area contributed by atoms with Crippen molar-refractivity contribution >= 4 is 29.9 Å². The second-order valence-corrected chi connectivity index (χ2v) is 6.40. The number of halogens is 1. The van der Waals surface area contributed by atoms with Crippen LogP contribution in [-0.2, 0) is 9.53 Å². The Labute approximate surface area is 161 Å². The van der Waals surface area contributed by atoms with Crippen molar-refractivity contribution < 1.29 is 14.3 Å². The van der Waals surface area contributed by atoms with Crippen LogP contribution >= 0.6 is 12.4 Å². The minimum Gasteiger partial charge on any atom is -0.383 e. The zero-order chi connectivity index (χ0) is 17.9. The summed E-state index contributed by atoms with van der Waals surface area (Å²) in [7, 11) is 1.66. The smallest absolute Gasteiger partial charge is 0.251 e. The van der Waals surface area contributed by atoms with Crippen molar-refractivity contribution in [1.29, 1.82) is 0 Å². The maximum atomic E-state index is 12.3. The number of ether oxygens (including phenoxy) is 1. The highest BCUT2D eigenvalue weighted by Gasteiger charge is 2.21. The molecule has 0 aromatic heterocycles. The van der Waals surface area contributed by atoms with E-state index in [0.29, 0.717) is 30.9 Å². The minimum absolute atomic E-state index is 0. The Morgan fingerprint density at radius 2 is 1.88 bits per heavy atom. The number of carbonyl (C=O) groups is 2. The van der Waals surface area contributed by atoms with E-state index in [9.17, 15) is 9.59 Å². The summed E-state index contributed by atoms with van der Waals surface area (Å²) < 4.78 is 4.94.